The highest BCUT2D eigenvalue weighted by Gasteiger charge is 2.18. The van der Waals surface area contributed by atoms with Crippen molar-refractivity contribution in [1.82, 2.24) is 9.62 Å². The van der Waals surface area contributed by atoms with E-state index < -0.39 is 10.0 Å². The Morgan fingerprint density at radius 1 is 1.20 bits per heavy atom. The Labute approximate surface area is 154 Å². The molecule has 5 nitrogen and oxygen atoms in total. The van der Waals surface area contributed by atoms with Crippen molar-refractivity contribution in [2.45, 2.75) is 24.8 Å². The standard InChI is InChI=1S/C18H24ClN3O2S/c1-14-11-16(19)18(12-17(14)20)25(23,24)21-9-6-10-22(2)13-15-7-4-3-5-8-15/h3-5,7-8,11-12,21H,6,9-10,13,20H2,1-2H3. The smallest absolute Gasteiger partial charge is 0.242 e. The zero-order valence-corrected chi connectivity index (χ0v) is 16.1. The number of sulfonamides is 1. The minimum Gasteiger partial charge on any atom is -0.398 e. The van der Waals surface area contributed by atoms with Crippen molar-refractivity contribution in [3.8, 4) is 0 Å². The fourth-order valence-corrected chi connectivity index (χ4v) is 4.17. The van der Waals surface area contributed by atoms with E-state index >= 15 is 0 Å². The third-order valence-corrected chi connectivity index (χ3v) is 5.84. The normalized spacial score (nSPS) is 11.8. The summed E-state index contributed by atoms with van der Waals surface area (Å²) in [6.45, 7) is 3.73. The van der Waals surface area contributed by atoms with Crippen molar-refractivity contribution >= 4 is 27.3 Å². The molecule has 0 spiro atoms. The number of aryl methyl sites for hydroxylation is 1. The lowest BCUT2D eigenvalue weighted by molar-refractivity contribution is 0.322. The van der Waals surface area contributed by atoms with Crippen LogP contribution in [-0.2, 0) is 16.6 Å². The van der Waals surface area contributed by atoms with Gasteiger partial charge in [-0.05, 0) is 50.2 Å². The molecule has 7 heteroatoms. The Balaban J connectivity index is 1.85. The fraction of sp³-hybridized carbons (Fsp3) is 0.333. The summed E-state index contributed by atoms with van der Waals surface area (Å²) in [5.41, 5.74) is 8.19. The summed E-state index contributed by atoms with van der Waals surface area (Å²) in [5.74, 6) is 0. The first-order valence-electron chi connectivity index (χ1n) is 8.07. The minimum atomic E-state index is -3.67. The first kappa shape index (κ1) is 19.7. The number of nitrogens with two attached hydrogens (primary N) is 1. The summed E-state index contributed by atoms with van der Waals surface area (Å²) in [5, 5.41) is 0.181. The predicted molar refractivity (Wildman–Crippen MR) is 103 cm³/mol. The fourth-order valence-electron chi connectivity index (χ4n) is 2.48. The van der Waals surface area contributed by atoms with Crippen LogP contribution in [0.3, 0.4) is 0 Å². The highest BCUT2D eigenvalue weighted by atomic mass is 35.5. The van der Waals surface area contributed by atoms with Gasteiger partial charge in [0, 0.05) is 18.8 Å². The molecule has 0 radical (unpaired) electrons. The highest BCUT2D eigenvalue weighted by molar-refractivity contribution is 7.89. The van der Waals surface area contributed by atoms with Gasteiger partial charge in [-0.1, -0.05) is 41.9 Å². The summed E-state index contributed by atoms with van der Waals surface area (Å²) in [4.78, 5) is 2.18. The van der Waals surface area contributed by atoms with Gasteiger partial charge in [0.25, 0.3) is 0 Å². The lowest BCUT2D eigenvalue weighted by Gasteiger charge is -2.17. The lowest BCUT2D eigenvalue weighted by Crippen LogP contribution is -2.28. The van der Waals surface area contributed by atoms with E-state index in [0.29, 0.717) is 18.7 Å². The van der Waals surface area contributed by atoms with Gasteiger partial charge in [0.2, 0.25) is 10.0 Å². The number of nitrogens with one attached hydrogen (secondary N) is 1. The zero-order valence-electron chi connectivity index (χ0n) is 14.5. The molecule has 0 bridgehead atoms. The number of hydrogen-bond acceptors (Lipinski definition) is 4. The quantitative estimate of drug-likeness (QED) is 0.544. The average Bonchev–Trinajstić information content (AvgIpc) is 2.56. The molecule has 25 heavy (non-hydrogen) atoms. The molecule has 136 valence electrons. The maximum absolute atomic E-state index is 12.4. The molecule has 3 N–H and O–H groups in total. The zero-order chi connectivity index (χ0) is 18.4. The molecule has 2 aromatic carbocycles. The second-order valence-electron chi connectivity index (χ2n) is 6.11. The van der Waals surface area contributed by atoms with E-state index in [1.54, 1.807) is 13.0 Å². The Morgan fingerprint density at radius 3 is 2.56 bits per heavy atom. The topological polar surface area (TPSA) is 75.4 Å². The van der Waals surface area contributed by atoms with Crippen molar-refractivity contribution in [1.29, 1.82) is 0 Å². The Hall–Kier alpha value is -1.60. The monoisotopic (exact) mass is 381 g/mol. The van der Waals surface area contributed by atoms with Crippen LogP contribution in [0.5, 0.6) is 0 Å². The molecule has 0 saturated carbocycles. The van der Waals surface area contributed by atoms with Gasteiger partial charge in [0.1, 0.15) is 4.90 Å². The van der Waals surface area contributed by atoms with Gasteiger partial charge in [-0.25, -0.2) is 13.1 Å². The molecule has 0 aliphatic carbocycles. The van der Waals surface area contributed by atoms with E-state index in [2.05, 4.69) is 21.8 Å². The first-order chi connectivity index (χ1) is 11.8. The molecule has 0 heterocycles. The van der Waals surface area contributed by atoms with Crippen LogP contribution in [0, 0.1) is 6.92 Å². The first-order valence-corrected chi connectivity index (χ1v) is 9.93. The number of nitrogen functional groups attached to an aromatic ring is 1. The number of nitrogens with zero attached hydrogens (tertiary/aromatic N) is 1. The second-order valence-corrected chi connectivity index (χ2v) is 8.26. The summed E-state index contributed by atoms with van der Waals surface area (Å²) < 4.78 is 27.4. The summed E-state index contributed by atoms with van der Waals surface area (Å²) in [7, 11) is -1.65. The molecule has 0 aliphatic rings. The molecule has 0 atom stereocenters. The van der Waals surface area contributed by atoms with Gasteiger partial charge >= 0.3 is 0 Å². The van der Waals surface area contributed by atoms with Gasteiger partial charge in [-0.2, -0.15) is 0 Å². The number of anilines is 1. The van der Waals surface area contributed by atoms with Gasteiger partial charge in [-0.3, -0.25) is 0 Å². The SMILES string of the molecule is Cc1cc(Cl)c(S(=O)(=O)NCCCN(C)Cc2ccccc2)cc1N. The molecular formula is C18H24ClN3O2S. The maximum atomic E-state index is 12.4. The van der Waals surface area contributed by atoms with Crippen molar-refractivity contribution in [3.05, 3.63) is 58.6 Å². The molecule has 2 rings (SSSR count). The lowest BCUT2D eigenvalue weighted by atomic mass is 10.2. The number of rotatable bonds is 8. The third-order valence-electron chi connectivity index (χ3n) is 3.91. The van der Waals surface area contributed by atoms with Crippen molar-refractivity contribution < 1.29 is 8.42 Å². The number of benzene rings is 2. The molecular weight excluding hydrogens is 358 g/mol. The van der Waals surface area contributed by atoms with Gasteiger partial charge < -0.3 is 10.6 Å². The van der Waals surface area contributed by atoms with E-state index in [9.17, 15) is 8.42 Å². The third kappa shape index (κ3) is 5.71. The Kier molecular flexibility index (Phi) is 6.84. The van der Waals surface area contributed by atoms with Crippen molar-refractivity contribution in [3.63, 3.8) is 0 Å². The average molecular weight is 382 g/mol. The summed E-state index contributed by atoms with van der Waals surface area (Å²) in [6.07, 6.45) is 0.696. The number of halogens is 1. The molecule has 2 aromatic rings. The van der Waals surface area contributed by atoms with Gasteiger partial charge in [0.15, 0.2) is 0 Å². The Morgan fingerprint density at radius 2 is 1.88 bits per heavy atom. The van der Waals surface area contributed by atoms with Crippen LogP contribution in [0.25, 0.3) is 0 Å². The molecule has 0 saturated heterocycles. The molecule has 0 fully saturated rings. The number of hydrogen-bond donors (Lipinski definition) is 2. The summed E-state index contributed by atoms with van der Waals surface area (Å²) >= 11 is 6.06. The van der Waals surface area contributed by atoms with Gasteiger partial charge in [-0.15, -0.1) is 0 Å². The van der Waals surface area contributed by atoms with Crippen LogP contribution in [-0.4, -0.2) is 33.5 Å². The molecule has 0 amide bonds. The Bertz CT molecular complexity index is 811. The van der Waals surface area contributed by atoms with E-state index in [4.69, 9.17) is 17.3 Å². The van der Waals surface area contributed by atoms with Crippen LogP contribution in [0.4, 0.5) is 5.69 Å². The molecule has 0 aliphatic heterocycles. The molecule has 0 aromatic heterocycles. The van der Waals surface area contributed by atoms with Crippen LogP contribution >= 0.6 is 11.6 Å². The van der Waals surface area contributed by atoms with Crippen LogP contribution in [0.1, 0.15) is 17.5 Å². The largest absolute Gasteiger partial charge is 0.398 e. The maximum Gasteiger partial charge on any atom is 0.242 e. The van der Waals surface area contributed by atoms with E-state index in [0.717, 1.165) is 18.7 Å². The minimum absolute atomic E-state index is 0.0231. The van der Waals surface area contributed by atoms with Gasteiger partial charge in [0.05, 0.1) is 5.02 Å². The van der Waals surface area contributed by atoms with E-state index in [-0.39, 0.29) is 9.92 Å². The highest BCUT2D eigenvalue weighted by Crippen LogP contribution is 2.26. The predicted octanol–water partition coefficient (Wildman–Crippen LogP) is 3.03. The summed E-state index contributed by atoms with van der Waals surface area (Å²) in [6, 6.07) is 13.1. The van der Waals surface area contributed by atoms with Crippen molar-refractivity contribution in [2.24, 2.45) is 0 Å². The van der Waals surface area contributed by atoms with E-state index in [1.165, 1.54) is 11.6 Å². The second kappa shape index (κ2) is 8.67. The van der Waals surface area contributed by atoms with Crippen LogP contribution in [0.15, 0.2) is 47.4 Å². The molecule has 0 unspecified atom stereocenters. The van der Waals surface area contributed by atoms with E-state index in [1.807, 2.05) is 25.2 Å². The van der Waals surface area contributed by atoms with Crippen LogP contribution in [0.2, 0.25) is 5.02 Å². The van der Waals surface area contributed by atoms with Crippen LogP contribution < -0.4 is 10.5 Å². The van der Waals surface area contributed by atoms with Crippen molar-refractivity contribution in [2.75, 3.05) is 25.9 Å².